The highest BCUT2D eigenvalue weighted by Crippen LogP contribution is 2.23. The Morgan fingerprint density at radius 1 is 1.11 bits per heavy atom. The average molecular weight is 559 g/mol. The van der Waals surface area contributed by atoms with E-state index in [2.05, 4.69) is 16.0 Å². The largest absolute Gasteiger partial charge is 0.457 e. The van der Waals surface area contributed by atoms with Gasteiger partial charge in [-0.3, -0.25) is 24.0 Å². The second kappa shape index (κ2) is 15.2. The molecule has 4 N–H and O–H groups in total. The highest BCUT2D eigenvalue weighted by Gasteiger charge is 2.31. The van der Waals surface area contributed by atoms with E-state index in [1.807, 2.05) is 13.8 Å². The molecule has 0 unspecified atom stereocenters. The van der Waals surface area contributed by atoms with Gasteiger partial charge < -0.3 is 30.7 Å². The van der Waals surface area contributed by atoms with Crippen molar-refractivity contribution in [1.29, 1.82) is 0 Å². The minimum Gasteiger partial charge on any atom is -0.457 e. The first-order chi connectivity index (χ1) is 17.5. The summed E-state index contributed by atoms with van der Waals surface area (Å²) in [5, 5.41) is 18.8. The van der Waals surface area contributed by atoms with Crippen molar-refractivity contribution in [3.05, 3.63) is 12.2 Å². The lowest BCUT2D eigenvalue weighted by Crippen LogP contribution is -2.57. The van der Waals surface area contributed by atoms with Crippen molar-refractivity contribution in [1.82, 2.24) is 20.9 Å². The molecule has 3 aliphatic rings. The Balaban J connectivity index is 2.42. The Bertz CT molecular complexity index is 868. The SMILES string of the molecule is CC(C)[C@H]1C[C@@H](O)CC(=O)O[C@@H]2/C=C/CSSC[C@@H](NC(=O)[C@H](CCC(=O)N(C)C)NC(=O)C2)C(=O)N1. The van der Waals surface area contributed by atoms with Gasteiger partial charge in [-0.25, -0.2) is 0 Å². The van der Waals surface area contributed by atoms with Gasteiger partial charge in [-0.15, -0.1) is 0 Å². The van der Waals surface area contributed by atoms with Gasteiger partial charge in [0.05, 0.1) is 18.9 Å². The van der Waals surface area contributed by atoms with Crippen LogP contribution in [-0.4, -0.2) is 95.5 Å². The van der Waals surface area contributed by atoms with Gasteiger partial charge in [0.15, 0.2) is 0 Å². The lowest BCUT2D eigenvalue weighted by atomic mass is 9.96. The fraction of sp³-hybridized carbons (Fsp3) is 0.708. The van der Waals surface area contributed by atoms with E-state index in [0.29, 0.717) is 5.75 Å². The van der Waals surface area contributed by atoms with Gasteiger partial charge in [0, 0.05) is 38.1 Å². The molecule has 2 bridgehead atoms. The van der Waals surface area contributed by atoms with Crippen LogP contribution in [0.5, 0.6) is 0 Å². The van der Waals surface area contributed by atoms with Crippen molar-refractivity contribution < 1.29 is 33.8 Å². The lowest BCUT2D eigenvalue weighted by Gasteiger charge is -2.29. The Labute approximate surface area is 225 Å². The van der Waals surface area contributed by atoms with E-state index in [1.54, 1.807) is 26.2 Å². The van der Waals surface area contributed by atoms with E-state index >= 15 is 0 Å². The summed E-state index contributed by atoms with van der Waals surface area (Å²) in [6.45, 7) is 3.78. The molecule has 3 rings (SSSR count). The second-order valence-electron chi connectivity index (χ2n) is 9.69. The third-order valence-electron chi connectivity index (χ3n) is 5.99. The van der Waals surface area contributed by atoms with E-state index in [0.717, 1.165) is 0 Å². The molecule has 0 aromatic heterocycles. The van der Waals surface area contributed by atoms with Crippen LogP contribution in [0.4, 0.5) is 0 Å². The number of carbonyl (C=O) groups is 5. The number of nitrogens with one attached hydrogen (secondary N) is 3. The van der Waals surface area contributed by atoms with Gasteiger partial charge in [0.25, 0.3) is 0 Å². The summed E-state index contributed by atoms with van der Waals surface area (Å²) < 4.78 is 5.48. The van der Waals surface area contributed by atoms with Crippen LogP contribution in [0.3, 0.4) is 0 Å². The van der Waals surface area contributed by atoms with E-state index in [-0.39, 0.29) is 49.7 Å². The Hall–Kier alpha value is -2.25. The van der Waals surface area contributed by atoms with Crippen LogP contribution in [0.1, 0.15) is 46.0 Å². The number of amides is 4. The van der Waals surface area contributed by atoms with E-state index in [4.69, 9.17) is 4.74 Å². The average Bonchev–Trinajstić information content (AvgIpc) is 2.80. The molecular weight excluding hydrogens is 520 g/mol. The van der Waals surface area contributed by atoms with Gasteiger partial charge in [-0.1, -0.05) is 41.5 Å². The topological polar surface area (TPSA) is 154 Å². The van der Waals surface area contributed by atoms with Crippen LogP contribution in [0.25, 0.3) is 0 Å². The highest BCUT2D eigenvalue weighted by atomic mass is 33.1. The van der Waals surface area contributed by atoms with Crippen LogP contribution in [0, 0.1) is 5.92 Å². The molecule has 37 heavy (non-hydrogen) atoms. The third-order valence-corrected chi connectivity index (χ3v) is 8.27. The first-order valence-corrected chi connectivity index (χ1v) is 14.8. The standard InChI is InChI=1S/C24H38N4O7S2/c1-14(2)18-10-15(29)11-22(32)35-16-6-5-9-36-37-13-19(24(34)26-18)27-23(33)17(25-20(30)12-16)7-8-21(31)28(3)4/h5-6,14-19,29H,7-13H2,1-4H3,(H,25,30)(H,26,34)(H,27,33)/b6-5+/t15-,16-,17+,18-,19-/m1/s1. The molecule has 11 nitrogen and oxygen atoms in total. The smallest absolute Gasteiger partial charge is 0.309 e. The summed E-state index contributed by atoms with van der Waals surface area (Å²) in [5.41, 5.74) is 0. The molecule has 208 valence electrons. The first kappa shape index (κ1) is 31.0. The van der Waals surface area contributed by atoms with E-state index in [1.165, 1.54) is 26.5 Å². The van der Waals surface area contributed by atoms with Crippen LogP contribution >= 0.6 is 21.6 Å². The van der Waals surface area contributed by atoms with Gasteiger partial charge in [-0.2, -0.15) is 0 Å². The lowest BCUT2D eigenvalue weighted by molar-refractivity contribution is -0.150. The molecule has 0 aromatic rings. The molecule has 0 aliphatic carbocycles. The van der Waals surface area contributed by atoms with Crippen molar-refractivity contribution in [2.75, 3.05) is 25.6 Å². The Kier molecular flexibility index (Phi) is 12.7. The van der Waals surface area contributed by atoms with Crippen LogP contribution in [-0.2, 0) is 28.7 Å². The molecule has 1 fully saturated rings. The Morgan fingerprint density at radius 2 is 1.84 bits per heavy atom. The molecule has 0 spiro atoms. The van der Waals surface area contributed by atoms with Crippen molar-refractivity contribution in [3.8, 4) is 0 Å². The summed E-state index contributed by atoms with van der Waals surface area (Å²) >= 11 is 0. The summed E-state index contributed by atoms with van der Waals surface area (Å²) in [7, 11) is 6.05. The highest BCUT2D eigenvalue weighted by molar-refractivity contribution is 8.76. The number of nitrogens with zero attached hydrogens (tertiary/aromatic N) is 1. The van der Waals surface area contributed by atoms with Crippen molar-refractivity contribution >= 4 is 51.2 Å². The Morgan fingerprint density at radius 3 is 2.51 bits per heavy atom. The maximum atomic E-state index is 13.3. The zero-order chi connectivity index (χ0) is 27.5. The molecule has 3 heterocycles. The van der Waals surface area contributed by atoms with Crippen LogP contribution < -0.4 is 16.0 Å². The van der Waals surface area contributed by atoms with E-state index in [9.17, 15) is 29.1 Å². The fourth-order valence-corrected chi connectivity index (χ4v) is 5.75. The van der Waals surface area contributed by atoms with Crippen LogP contribution in [0.15, 0.2) is 12.2 Å². The molecular formula is C24H38N4O7S2. The number of hydrogen-bond acceptors (Lipinski definition) is 9. The fourth-order valence-electron chi connectivity index (χ4n) is 3.78. The van der Waals surface area contributed by atoms with Crippen molar-refractivity contribution in [2.24, 2.45) is 5.92 Å². The minimum atomic E-state index is -1.07. The van der Waals surface area contributed by atoms with Gasteiger partial charge in [-0.05, 0) is 24.8 Å². The molecule has 3 aliphatic heterocycles. The quantitative estimate of drug-likeness (QED) is 0.218. The zero-order valence-corrected chi connectivity index (χ0v) is 23.4. The molecule has 5 atom stereocenters. The number of fused-ring (bicyclic) bond motifs is 16. The summed E-state index contributed by atoms with van der Waals surface area (Å²) in [5.74, 6) is -1.71. The number of aliphatic hydroxyl groups excluding tert-OH is 1. The van der Waals surface area contributed by atoms with E-state index < -0.39 is 54.0 Å². The molecule has 13 heteroatoms. The van der Waals surface area contributed by atoms with Gasteiger partial charge >= 0.3 is 5.97 Å². The maximum Gasteiger partial charge on any atom is 0.309 e. The van der Waals surface area contributed by atoms with Crippen molar-refractivity contribution in [2.45, 2.75) is 76.3 Å². The van der Waals surface area contributed by atoms with Crippen LogP contribution in [0.2, 0.25) is 0 Å². The summed E-state index contributed by atoms with van der Waals surface area (Å²) in [6, 6.07) is -2.43. The molecule has 0 radical (unpaired) electrons. The number of carbonyl (C=O) groups excluding carboxylic acids is 5. The normalized spacial score (nSPS) is 29.5. The monoisotopic (exact) mass is 558 g/mol. The number of hydrogen-bond donors (Lipinski definition) is 4. The summed E-state index contributed by atoms with van der Waals surface area (Å²) in [6.07, 6.45) is 1.08. The zero-order valence-electron chi connectivity index (χ0n) is 21.7. The summed E-state index contributed by atoms with van der Waals surface area (Å²) in [4.78, 5) is 65.5. The molecule has 0 aromatic carbocycles. The second-order valence-corrected chi connectivity index (χ2v) is 12.2. The van der Waals surface area contributed by atoms with Gasteiger partial charge in [0.2, 0.25) is 23.6 Å². The molecule has 0 saturated carbocycles. The predicted molar refractivity (Wildman–Crippen MR) is 142 cm³/mol. The maximum absolute atomic E-state index is 13.3. The number of esters is 1. The van der Waals surface area contributed by atoms with Crippen molar-refractivity contribution in [3.63, 3.8) is 0 Å². The number of ether oxygens (including phenoxy) is 1. The molecule has 1 saturated heterocycles. The number of rotatable bonds is 4. The third kappa shape index (κ3) is 10.9. The first-order valence-electron chi connectivity index (χ1n) is 12.3. The molecule has 4 amide bonds. The number of aliphatic hydroxyl groups is 1. The minimum absolute atomic E-state index is 0.0124. The predicted octanol–water partition coefficient (Wildman–Crippen LogP) is 0.373. The van der Waals surface area contributed by atoms with Gasteiger partial charge in [0.1, 0.15) is 18.2 Å².